The van der Waals surface area contributed by atoms with Gasteiger partial charge < -0.3 is 9.29 Å². The molecule has 14 heavy (non-hydrogen) atoms. The molecule has 1 aromatic heterocycles. The highest BCUT2D eigenvalue weighted by Crippen LogP contribution is 1.97. The summed E-state index contributed by atoms with van der Waals surface area (Å²) >= 11 is -0.336. The Kier molecular flexibility index (Phi) is 5.97. The van der Waals surface area contributed by atoms with Gasteiger partial charge in [0.05, 0.1) is 13.2 Å². The standard InChI is InChI=1S/C4H9NO3S.C4H4S/c6-9(7)5-1-3-8-4-2-5;1-2-4-5-3-1/h1-4H2,(H,6,7);1-4H/p-1. The average Bonchev–Trinajstić information content (AvgIpc) is 2.77. The van der Waals surface area contributed by atoms with Crippen molar-refractivity contribution in [1.82, 2.24) is 4.31 Å². The van der Waals surface area contributed by atoms with Crippen molar-refractivity contribution in [3.05, 3.63) is 22.9 Å². The van der Waals surface area contributed by atoms with Crippen molar-refractivity contribution in [1.29, 1.82) is 0 Å². The summed E-state index contributed by atoms with van der Waals surface area (Å²) in [5, 5.41) is 4.08. The summed E-state index contributed by atoms with van der Waals surface area (Å²) in [7, 11) is 0. The van der Waals surface area contributed by atoms with Crippen molar-refractivity contribution in [2.45, 2.75) is 0 Å². The SMILES string of the molecule is O=S([O-])N1CCOCC1.c1ccsc1. The lowest BCUT2D eigenvalue weighted by atomic mass is 10.5. The molecule has 0 aromatic carbocycles. The van der Waals surface area contributed by atoms with Gasteiger partial charge in [0.25, 0.3) is 0 Å². The highest BCUT2D eigenvalue weighted by Gasteiger charge is 2.09. The summed E-state index contributed by atoms with van der Waals surface area (Å²) in [4.78, 5) is 0. The molecule has 0 aliphatic carbocycles. The van der Waals surface area contributed by atoms with Crippen LogP contribution in [0.1, 0.15) is 0 Å². The monoisotopic (exact) mass is 234 g/mol. The molecule has 1 aliphatic heterocycles. The molecule has 2 rings (SSSR count). The molecule has 0 bridgehead atoms. The Morgan fingerprint density at radius 3 is 2.14 bits per heavy atom. The molecular weight excluding hydrogens is 222 g/mol. The Labute approximate surface area is 89.9 Å². The van der Waals surface area contributed by atoms with Crippen LogP contribution in [0.2, 0.25) is 0 Å². The Bertz CT molecular complexity index is 230. The lowest BCUT2D eigenvalue weighted by Gasteiger charge is -2.27. The first-order valence-corrected chi connectivity index (χ1v) is 6.17. The Balaban J connectivity index is 0.000000165. The van der Waals surface area contributed by atoms with E-state index in [1.54, 1.807) is 11.3 Å². The van der Waals surface area contributed by atoms with E-state index in [0.717, 1.165) is 0 Å². The van der Waals surface area contributed by atoms with Gasteiger partial charge in [-0.15, -0.1) is 0 Å². The molecule has 6 heteroatoms. The number of hydrogen-bond donors (Lipinski definition) is 0. The molecule has 1 aromatic rings. The van der Waals surface area contributed by atoms with Crippen molar-refractivity contribution in [2.75, 3.05) is 26.3 Å². The van der Waals surface area contributed by atoms with E-state index in [2.05, 4.69) is 0 Å². The summed E-state index contributed by atoms with van der Waals surface area (Å²) in [6.45, 7) is 2.04. The van der Waals surface area contributed by atoms with Crippen molar-refractivity contribution < 1.29 is 13.5 Å². The van der Waals surface area contributed by atoms with E-state index in [1.807, 2.05) is 22.9 Å². The fourth-order valence-corrected chi connectivity index (χ4v) is 1.82. The average molecular weight is 234 g/mol. The maximum Gasteiger partial charge on any atom is 0.0604 e. The van der Waals surface area contributed by atoms with Crippen LogP contribution >= 0.6 is 11.3 Å². The number of ether oxygens (including phenoxy) is 1. The van der Waals surface area contributed by atoms with Crippen LogP contribution in [0, 0.1) is 0 Å². The van der Waals surface area contributed by atoms with Crippen LogP contribution < -0.4 is 0 Å². The summed E-state index contributed by atoms with van der Waals surface area (Å²) < 4.78 is 26.7. The third-order valence-electron chi connectivity index (χ3n) is 1.61. The number of hydrogen-bond acceptors (Lipinski definition) is 4. The zero-order valence-corrected chi connectivity index (χ0v) is 9.26. The minimum absolute atomic E-state index is 0.496. The first-order valence-electron chi connectivity index (χ1n) is 4.20. The quantitative estimate of drug-likeness (QED) is 0.677. The summed E-state index contributed by atoms with van der Waals surface area (Å²) in [5.41, 5.74) is 0. The van der Waals surface area contributed by atoms with Crippen LogP contribution in [0.25, 0.3) is 0 Å². The van der Waals surface area contributed by atoms with E-state index in [1.165, 1.54) is 4.31 Å². The second-order valence-electron chi connectivity index (χ2n) is 2.55. The highest BCUT2D eigenvalue weighted by molar-refractivity contribution is 7.76. The van der Waals surface area contributed by atoms with Gasteiger partial charge in [0, 0.05) is 24.4 Å². The van der Waals surface area contributed by atoms with Gasteiger partial charge in [-0.3, -0.25) is 4.21 Å². The second kappa shape index (κ2) is 7.08. The molecule has 80 valence electrons. The summed E-state index contributed by atoms with van der Waals surface area (Å²) in [6.07, 6.45) is 0. The lowest BCUT2D eigenvalue weighted by Crippen LogP contribution is -2.37. The van der Waals surface area contributed by atoms with Crippen LogP contribution in [0.3, 0.4) is 0 Å². The van der Waals surface area contributed by atoms with Gasteiger partial charge in [-0.1, -0.05) is 12.1 Å². The van der Waals surface area contributed by atoms with Crippen molar-refractivity contribution in [3.63, 3.8) is 0 Å². The lowest BCUT2D eigenvalue weighted by molar-refractivity contribution is 0.0721. The zero-order valence-electron chi connectivity index (χ0n) is 7.63. The van der Waals surface area contributed by atoms with Crippen LogP contribution in [0.15, 0.2) is 22.9 Å². The van der Waals surface area contributed by atoms with Crippen LogP contribution in [0.5, 0.6) is 0 Å². The third kappa shape index (κ3) is 4.83. The largest absolute Gasteiger partial charge is 0.760 e. The van der Waals surface area contributed by atoms with Crippen molar-refractivity contribution >= 4 is 22.6 Å². The predicted molar refractivity (Wildman–Crippen MR) is 55.6 cm³/mol. The van der Waals surface area contributed by atoms with Gasteiger partial charge in [0.15, 0.2) is 0 Å². The molecule has 0 radical (unpaired) electrons. The van der Waals surface area contributed by atoms with Crippen molar-refractivity contribution in [3.8, 4) is 0 Å². The van der Waals surface area contributed by atoms with Crippen LogP contribution in [-0.4, -0.2) is 39.4 Å². The Morgan fingerprint density at radius 1 is 1.29 bits per heavy atom. The zero-order chi connectivity index (χ0) is 10.2. The molecule has 2 heterocycles. The minimum atomic E-state index is -2.05. The molecule has 1 unspecified atom stereocenters. The number of morpholine rings is 1. The molecule has 0 spiro atoms. The van der Waals surface area contributed by atoms with Crippen molar-refractivity contribution in [2.24, 2.45) is 0 Å². The van der Waals surface area contributed by atoms with Gasteiger partial charge in [0.2, 0.25) is 0 Å². The maximum absolute atomic E-state index is 10.2. The van der Waals surface area contributed by atoms with E-state index >= 15 is 0 Å². The van der Waals surface area contributed by atoms with E-state index in [9.17, 15) is 8.76 Å². The second-order valence-corrected chi connectivity index (χ2v) is 4.32. The van der Waals surface area contributed by atoms with Gasteiger partial charge in [-0.2, -0.15) is 11.3 Å². The van der Waals surface area contributed by atoms with Gasteiger partial charge in [0.1, 0.15) is 0 Å². The molecule has 1 aliphatic rings. The third-order valence-corrected chi connectivity index (χ3v) is 3.02. The molecular formula is C8H12NO3S2-. The molecule has 0 N–H and O–H groups in total. The van der Waals surface area contributed by atoms with Crippen LogP contribution in [-0.2, 0) is 16.0 Å². The fourth-order valence-electron chi connectivity index (χ4n) is 0.922. The van der Waals surface area contributed by atoms with E-state index in [0.29, 0.717) is 26.3 Å². The smallest absolute Gasteiger partial charge is 0.0604 e. The Morgan fingerprint density at radius 2 is 1.86 bits per heavy atom. The number of rotatable bonds is 1. The summed E-state index contributed by atoms with van der Waals surface area (Å²) in [5.74, 6) is 0. The maximum atomic E-state index is 10.2. The fraction of sp³-hybridized carbons (Fsp3) is 0.500. The van der Waals surface area contributed by atoms with Gasteiger partial charge in [-0.05, 0) is 10.8 Å². The summed E-state index contributed by atoms with van der Waals surface area (Å²) in [6, 6.07) is 4.04. The van der Waals surface area contributed by atoms with E-state index < -0.39 is 11.3 Å². The van der Waals surface area contributed by atoms with E-state index in [4.69, 9.17) is 4.74 Å². The van der Waals surface area contributed by atoms with Gasteiger partial charge in [-0.25, -0.2) is 4.31 Å². The minimum Gasteiger partial charge on any atom is -0.760 e. The predicted octanol–water partition coefficient (Wildman–Crippen LogP) is 0.861. The molecule has 1 saturated heterocycles. The first-order chi connectivity index (χ1) is 6.80. The molecule has 1 fully saturated rings. The molecule has 4 nitrogen and oxygen atoms in total. The topological polar surface area (TPSA) is 52.6 Å². The molecule has 1 atom stereocenters. The molecule has 0 saturated carbocycles. The first kappa shape index (κ1) is 11.8. The van der Waals surface area contributed by atoms with E-state index in [-0.39, 0.29) is 0 Å². The Hall–Kier alpha value is -0.270. The molecule has 0 amide bonds. The highest BCUT2D eigenvalue weighted by atomic mass is 32.2. The normalized spacial score (nSPS) is 19.5. The number of thiophene rings is 1. The number of nitrogens with zero attached hydrogens (tertiary/aromatic N) is 1. The van der Waals surface area contributed by atoms with Crippen LogP contribution in [0.4, 0.5) is 0 Å². The van der Waals surface area contributed by atoms with Gasteiger partial charge >= 0.3 is 0 Å².